The maximum absolute atomic E-state index is 12.5. The largest absolute Gasteiger partial charge is 0.468 e. The molecule has 29 heavy (non-hydrogen) atoms. The van der Waals surface area contributed by atoms with E-state index in [2.05, 4.69) is 11.2 Å². The number of methoxy groups -OCH3 is 2. The molecule has 0 saturated carbocycles. The average Bonchev–Trinajstić information content (AvgIpc) is 3.18. The smallest absolute Gasteiger partial charge is 0.324 e. The van der Waals surface area contributed by atoms with E-state index in [-0.39, 0.29) is 0 Å². The van der Waals surface area contributed by atoms with Gasteiger partial charge in [0.2, 0.25) is 0 Å². The summed E-state index contributed by atoms with van der Waals surface area (Å²) in [5.41, 5.74) is 4.04. The van der Waals surface area contributed by atoms with Gasteiger partial charge in [0.1, 0.15) is 0 Å². The topological polar surface area (TPSA) is 69.9 Å². The summed E-state index contributed by atoms with van der Waals surface area (Å²) in [5.74, 6) is -2.58. The monoisotopic (exact) mass is 388 g/mol. The van der Waals surface area contributed by atoms with Crippen LogP contribution in [0, 0.1) is 6.92 Å². The highest BCUT2D eigenvalue weighted by molar-refractivity contribution is 6.07. The van der Waals surface area contributed by atoms with E-state index >= 15 is 0 Å². The van der Waals surface area contributed by atoms with Crippen LogP contribution in [0.25, 0.3) is 27.5 Å². The van der Waals surface area contributed by atoms with Crippen molar-refractivity contribution < 1.29 is 19.1 Å². The Hall–Kier alpha value is -3.67. The van der Waals surface area contributed by atoms with E-state index in [1.54, 1.807) is 10.7 Å². The molecule has 0 saturated heterocycles. The van der Waals surface area contributed by atoms with Crippen LogP contribution in [0.15, 0.2) is 60.8 Å². The number of aryl methyl sites for hydroxylation is 1. The van der Waals surface area contributed by atoms with Crippen molar-refractivity contribution in [1.82, 2.24) is 9.61 Å². The molecule has 6 heteroatoms. The number of pyridine rings is 1. The summed E-state index contributed by atoms with van der Waals surface area (Å²) in [6.45, 7) is 2.00. The van der Waals surface area contributed by atoms with Gasteiger partial charge in [0.05, 0.1) is 31.6 Å². The number of benzene rings is 2. The zero-order valence-electron chi connectivity index (χ0n) is 16.4. The summed E-state index contributed by atoms with van der Waals surface area (Å²) in [5, 5.41) is 6.41. The number of nitrogens with zero attached hydrogens (tertiary/aromatic N) is 2. The number of carbonyl (C=O) groups excluding carboxylic acids is 2. The minimum Gasteiger partial charge on any atom is -0.468 e. The Labute approximate surface area is 167 Å². The second kappa shape index (κ2) is 7.39. The molecule has 0 aliphatic rings. The lowest BCUT2D eigenvalue weighted by Gasteiger charge is -2.14. The van der Waals surface area contributed by atoms with Crippen LogP contribution in [0.1, 0.15) is 17.0 Å². The quantitative estimate of drug-likeness (QED) is 0.392. The molecular formula is C23H20N2O4. The molecule has 0 aliphatic heterocycles. The Kier molecular flexibility index (Phi) is 4.76. The van der Waals surface area contributed by atoms with Crippen molar-refractivity contribution in [1.29, 1.82) is 0 Å². The third-order valence-electron chi connectivity index (χ3n) is 5.04. The Morgan fingerprint density at radius 1 is 0.966 bits per heavy atom. The Morgan fingerprint density at radius 2 is 1.66 bits per heavy atom. The lowest BCUT2D eigenvalue weighted by atomic mass is 9.96. The van der Waals surface area contributed by atoms with E-state index in [4.69, 9.17) is 9.47 Å². The zero-order valence-corrected chi connectivity index (χ0v) is 16.4. The summed E-state index contributed by atoms with van der Waals surface area (Å²) < 4.78 is 11.5. The minimum absolute atomic E-state index is 0.456. The maximum Gasteiger partial charge on any atom is 0.324 e. The number of aromatic nitrogens is 2. The Bertz CT molecular complexity index is 1210. The number of ether oxygens (including phenoxy) is 2. The van der Waals surface area contributed by atoms with Crippen LogP contribution in [0.3, 0.4) is 0 Å². The molecule has 0 bridgehead atoms. The molecule has 0 spiro atoms. The number of hydrogen-bond acceptors (Lipinski definition) is 5. The van der Waals surface area contributed by atoms with Crippen molar-refractivity contribution in [3.8, 4) is 11.3 Å². The van der Waals surface area contributed by atoms with Gasteiger partial charge in [-0.2, -0.15) is 5.10 Å². The molecule has 0 N–H and O–H groups in total. The van der Waals surface area contributed by atoms with Gasteiger partial charge in [-0.3, -0.25) is 9.59 Å². The fourth-order valence-corrected chi connectivity index (χ4v) is 3.63. The van der Waals surface area contributed by atoms with Gasteiger partial charge in [0, 0.05) is 16.5 Å². The van der Waals surface area contributed by atoms with Crippen molar-refractivity contribution in [3.63, 3.8) is 0 Å². The van der Waals surface area contributed by atoms with E-state index in [0.29, 0.717) is 11.1 Å². The highest BCUT2D eigenvalue weighted by Gasteiger charge is 2.34. The predicted molar refractivity (Wildman–Crippen MR) is 110 cm³/mol. The summed E-state index contributed by atoms with van der Waals surface area (Å²) >= 11 is 0. The third-order valence-corrected chi connectivity index (χ3v) is 5.04. The van der Waals surface area contributed by atoms with Gasteiger partial charge in [-0.1, -0.05) is 48.0 Å². The van der Waals surface area contributed by atoms with Crippen molar-refractivity contribution in [2.24, 2.45) is 0 Å². The van der Waals surface area contributed by atoms with E-state index in [1.165, 1.54) is 14.2 Å². The minimum atomic E-state index is -1.21. The van der Waals surface area contributed by atoms with Crippen molar-refractivity contribution in [2.45, 2.75) is 12.8 Å². The van der Waals surface area contributed by atoms with Crippen LogP contribution in [-0.2, 0) is 19.1 Å². The normalized spacial score (nSPS) is 11.2. The van der Waals surface area contributed by atoms with Crippen molar-refractivity contribution in [2.75, 3.05) is 14.2 Å². The van der Waals surface area contributed by atoms with E-state index in [0.717, 1.165) is 27.6 Å². The molecule has 2 aromatic carbocycles. The van der Waals surface area contributed by atoms with Crippen LogP contribution in [0.5, 0.6) is 0 Å². The number of hydrogen-bond donors (Lipinski definition) is 0. The fraction of sp³-hybridized carbons (Fsp3) is 0.174. The van der Waals surface area contributed by atoms with E-state index in [9.17, 15) is 9.59 Å². The lowest BCUT2D eigenvalue weighted by molar-refractivity contribution is -0.154. The van der Waals surface area contributed by atoms with Crippen LogP contribution < -0.4 is 0 Å². The summed E-state index contributed by atoms with van der Waals surface area (Å²) in [6.07, 6.45) is 1.54. The first kappa shape index (κ1) is 18.7. The second-order valence-electron chi connectivity index (χ2n) is 6.83. The summed E-state index contributed by atoms with van der Waals surface area (Å²) in [4.78, 5) is 24.9. The summed E-state index contributed by atoms with van der Waals surface area (Å²) in [7, 11) is 2.50. The molecule has 146 valence electrons. The van der Waals surface area contributed by atoms with Crippen LogP contribution in [0.4, 0.5) is 0 Å². The standard InChI is InChI=1S/C23H20N2O4/c1-14-9-10-16-12-19(15-7-5-4-6-8-15)25-21(17(16)11-14)18(13-24-25)20(22(26)28-2)23(27)29-3/h4-13,20H,1-3H3. The number of carbonyl (C=O) groups is 2. The Morgan fingerprint density at radius 3 is 2.31 bits per heavy atom. The van der Waals surface area contributed by atoms with Crippen molar-refractivity contribution >= 4 is 28.2 Å². The van der Waals surface area contributed by atoms with Gasteiger partial charge in [-0.15, -0.1) is 0 Å². The highest BCUT2D eigenvalue weighted by atomic mass is 16.5. The Balaban J connectivity index is 2.11. The van der Waals surface area contributed by atoms with Gasteiger partial charge >= 0.3 is 11.9 Å². The van der Waals surface area contributed by atoms with Crippen LogP contribution >= 0.6 is 0 Å². The first-order valence-corrected chi connectivity index (χ1v) is 9.17. The second-order valence-corrected chi connectivity index (χ2v) is 6.83. The number of rotatable bonds is 4. The molecule has 0 fully saturated rings. The molecule has 6 nitrogen and oxygen atoms in total. The first-order valence-electron chi connectivity index (χ1n) is 9.17. The van der Waals surface area contributed by atoms with E-state index < -0.39 is 17.9 Å². The molecule has 0 radical (unpaired) electrons. The van der Waals surface area contributed by atoms with E-state index in [1.807, 2.05) is 55.5 Å². The molecule has 2 aromatic heterocycles. The van der Waals surface area contributed by atoms with Crippen LogP contribution in [0.2, 0.25) is 0 Å². The fourth-order valence-electron chi connectivity index (χ4n) is 3.63. The molecule has 4 aromatic rings. The van der Waals surface area contributed by atoms with Gasteiger partial charge in [0.15, 0.2) is 5.92 Å². The van der Waals surface area contributed by atoms with Gasteiger partial charge in [-0.05, 0) is 24.4 Å². The average molecular weight is 388 g/mol. The third kappa shape index (κ3) is 3.12. The SMILES string of the molecule is COC(=O)C(C(=O)OC)c1cnn2c(-c3ccccc3)cc3ccc(C)cc3c12. The first-order chi connectivity index (χ1) is 14.0. The van der Waals surface area contributed by atoms with Gasteiger partial charge in [0.25, 0.3) is 0 Å². The number of esters is 2. The van der Waals surface area contributed by atoms with Crippen LogP contribution in [-0.4, -0.2) is 35.8 Å². The lowest BCUT2D eigenvalue weighted by Crippen LogP contribution is -2.24. The van der Waals surface area contributed by atoms with Crippen molar-refractivity contribution in [3.05, 3.63) is 71.9 Å². The van der Waals surface area contributed by atoms with Gasteiger partial charge < -0.3 is 9.47 Å². The molecule has 4 rings (SSSR count). The number of fused-ring (bicyclic) bond motifs is 3. The summed E-state index contributed by atoms with van der Waals surface area (Å²) in [6, 6.07) is 18.0. The maximum atomic E-state index is 12.5. The molecular weight excluding hydrogens is 368 g/mol. The highest BCUT2D eigenvalue weighted by Crippen LogP contribution is 2.34. The molecule has 0 aliphatic carbocycles. The predicted octanol–water partition coefficient (Wildman–Crippen LogP) is 3.89. The molecule has 0 atom stereocenters. The molecule has 0 unspecified atom stereocenters. The zero-order chi connectivity index (χ0) is 20.5. The van der Waals surface area contributed by atoms with Gasteiger partial charge in [-0.25, -0.2) is 4.52 Å². The molecule has 2 heterocycles. The molecule has 0 amide bonds.